The first kappa shape index (κ1) is 13.5. The molecule has 1 aromatic heterocycles. The van der Waals surface area contributed by atoms with E-state index in [1.807, 2.05) is 42.2 Å². The molecule has 2 aromatic rings. The highest BCUT2D eigenvalue weighted by Gasteiger charge is 2.42. The first-order chi connectivity index (χ1) is 10.1. The summed E-state index contributed by atoms with van der Waals surface area (Å²) >= 11 is 0. The molecular formula is C13H15N5O3. The van der Waals surface area contributed by atoms with Crippen molar-refractivity contribution in [3.05, 3.63) is 30.3 Å². The third kappa shape index (κ3) is 2.70. The maximum atomic E-state index is 10.6. The molecule has 0 bridgehead atoms. The molecule has 8 heteroatoms. The summed E-state index contributed by atoms with van der Waals surface area (Å²) in [7, 11) is 0. The standard InChI is InChI=1S/C13H15N5O3/c1-13(21-7-11(19)20)8-17(9-13)12-14-15-16-18(12)10-5-3-2-4-6-10/h2-6H,7-9H2,1H3,(H,19,20). The Labute approximate surface area is 120 Å². The van der Waals surface area contributed by atoms with Crippen LogP contribution in [-0.4, -0.2) is 56.6 Å². The third-order valence-electron chi connectivity index (χ3n) is 3.33. The number of hydrogen-bond donors (Lipinski definition) is 1. The number of carboxylic acids is 1. The first-order valence-corrected chi connectivity index (χ1v) is 6.52. The quantitative estimate of drug-likeness (QED) is 0.848. The van der Waals surface area contributed by atoms with Crippen LogP contribution in [0.5, 0.6) is 0 Å². The van der Waals surface area contributed by atoms with E-state index in [9.17, 15) is 4.79 Å². The van der Waals surface area contributed by atoms with Gasteiger partial charge < -0.3 is 14.7 Å². The zero-order valence-corrected chi connectivity index (χ0v) is 11.5. The molecule has 0 amide bonds. The van der Waals surface area contributed by atoms with Gasteiger partial charge in [-0.2, -0.15) is 4.68 Å². The number of para-hydroxylation sites is 1. The summed E-state index contributed by atoms with van der Waals surface area (Å²) in [4.78, 5) is 12.5. The molecule has 0 saturated carbocycles. The fraction of sp³-hybridized carbons (Fsp3) is 0.385. The predicted molar refractivity (Wildman–Crippen MR) is 73.4 cm³/mol. The smallest absolute Gasteiger partial charge is 0.329 e. The van der Waals surface area contributed by atoms with Crippen LogP contribution >= 0.6 is 0 Å². The van der Waals surface area contributed by atoms with Gasteiger partial charge in [0.1, 0.15) is 12.2 Å². The molecule has 3 rings (SSSR count). The van der Waals surface area contributed by atoms with Crippen LogP contribution in [0, 0.1) is 0 Å². The molecule has 1 N–H and O–H groups in total. The van der Waals surface area contributed by atoms with E-state index in [0.717, 1.165) is 5.69 Å². The summed E-state index contributed by atoms with van der Waals surface area (Å²) in [5.74, 6) is -0.346. The molecule has 1 fully saturated rings. The Kier molecular flexibility index (Phi) is 3.30. The van der Waals surface area contributed by atoms with Crippen molar-refractivity contribution in [3.63, 3.8) is 0 Å². The minimum atomic E-state index is -0.969. The van der Waals surface area contributed by atoms with Crippen molar-refractivity contribution >= 4 is 11.9 Å². The van der Waals surface area contributed by atoms with E-state index in [1.165, 1.54) is 0 Å². The topological polar surface area (TPSA) is 93.4 Å². The van der Waals surface area contributed by atoms with Gasteiger partial charge in [-0.25, -0.2) is 4.79 Å². The van der Waals surface area contributed by atoms with Gasteiger partial charge in [0.25, 0.3) is 5.95 Å². The van der Waals surface area contributed by atoms with Gasteiger partial charge in [-0.05, 0) is 29.5 Å². The number of rotatable bonds is 5. The number of anilines is 1. The highest BCUT2D eigenvalue weighted by Crippen LogP contribution is 2.29. The minimum Gasteiger partial charge on any atom is -0.480 e. The number of nitrogens with zero attached hydrogens (tertiary/aromatic N) is 5. The molecule has 0 unspecified atom stereocenters. The molecule has 1 saturated heterocycles. The Bertz CT molecular complexity index is 636. The average Bonchev–Trinajstić information content (AvgIpc) is 2.92. The van der Waals surface area contributed by atoms with Gasteiger partial charge in [0.2, 0.25) is 0 Å². The number of hydrogen-bond acceptors (Lipinski definition) is 6. The van der Waals surface area contributed by atoms with E-state index in [0.29, 0.717) is 19.0 Å². The van der Waals surface area contributed by atoms with Crippen molar-refractivity contribution in [1.29, 1.82) is 0 Å². The Morgan fingerprint density at radius 1 is 1.38 bits per heavy atom. The van der Waals surface area contributed by atoms with Gasteiger partial charge in [-0.1, -0.05) is 23.3 Å². The summed E-state index contributed by atoms with van der Waals surface area (Å²) in [6, 6.07) is 9.58. The largest absolute Gasteiger partial charge is 0.480 e. The molecule has 0 spiro atoms. The molecule has 21 heavy (non-hydrogen) atoms. The molecule has 0 radical (unpaired) electrons. The highest BCUT2D eigenvalue weighted by atomic mass is 16.5. The van der Waals surface area contributed by atoms with Crippen LogP contribution in [0.2, 0.25) is 0 Å². The van der Waals surface area contributed by atoms with Crippen LogP contribution in [0.1, 0.15) is 6.92 Å². The van der Waals surface area contributed by atoms with Crippen molar-refractivity contribution < 1.29 is 14.6 Å². The van der Waals surface area contributed by atoms with Gasteiger partial charge in [0.15, 0.2) is 0 Å². The van der Waals surface area contributed by atoms with E-state index < -0.39 is 11.6 Å². The van der Waals surface area contributed by atoms with Crippen molar-refractivity contribution in [2.45, 2.75) is 12.5 Å². The summed E-state index contributed by atoms with van der Waals surface area (Å²) in [6.07, 6.45) is 0. The Balaban J connectivity index is 1.71. The number of aliphatic carboxylic acids is 1. The molecular weight excluding hydrogens is 274 g/mol. The van der Waals surface area contributed by atoms with Gasteiger partial charge in [-0.3, -0.25) is 0 Å². The summed E-state index contributed by atoms with van der Waals surface area (Å²) in [5.41, 5.74) is 0.392. The second-order valence-electron chi connectivity index (χ2n) is 5.21. The number of benzene rings is 1. The van der Waals surface area contributed by atoms with Crippen LogP contribution in [0.25, 0.3) is 5.69 Å². The highest BCUT2D eigenvalue weighted by molar-refractivity contribution is 5.68. The molecule has 2 heterocycles. The van der Waals surface area contributed by atoms with E-state index in [1.54, 1.807) is 4.68 Å². The van der Waals surface area contributed by atoms with Crippen LogP contribution in [-0.2, 0) is 9.53 Å². The molecule has 1 aliphatic rings. The lowest BCUT2D eigenvalue weighted by Crippen LogP contribution is -2.62. The molecule has 0 atom stereocenters. The summed E-state index contributed by atoms with van der Waals surface area (Å²) in [6.45, 7) is 2.68. The number of aromatic nitrogens is 4. The van der Waals surface area contributed by atoms with Gasteiger partial charge in [0, 0.05) is 0 Å². The first-order valence-electron chi connectivity index (χ1n) is 6.52. The van der Waals surface area contributed by atoms with Crippen molar-refractivity contribution in [2.75, 3.05) is 24.6 Å². The second-order valence-corrected chi connectivity index (χ2v) is 5.21. The Hall–Kier alpha value is -2.48. The average molecular weight is 289 g/mol. The summed E-state index contributed by atoms with van der Waals surface area (Å²) in [5, 5.41) is 20.4. The predicted octanol–water partition coefficient (Wildman–Crippen LogP) is 0.342. The van der Waals surface area contributed by atoms with Crippen molar-refractivity contribution in [3.8, 4) is 5.69 Å². The van der Waals surface area contributed by atoms with Crippen molar-refractivity contribution in [1.82, 2.24) is 20.2 Å². The molecule has 0 aliphatic carbocycles. The van der Waals surface area contributed by atoms with Gasteiger partial charge in [0.05, 0.1) is 18.8 Å². The normalized spacial score (nSPS) is 16.5. The van der Waals surface area contributed by atoms with Crippen LogP contribution in [0.3, 0.4) is 0 Å². The zero-order valence-electron chi connectivity index (χ0n) is 11.5. The van der Waals surface area contributed by atoms with Crippen LogP contribution in [0.4, 0.5) is 5.95 Å². The fourth-order valence-electron chi connectivity index (χ4n) is 2.35. The minimum absolute atomic E-state index is 0.298. The van der Waals surface area contributed by atoms with Crippen molar-refractivity contribution in [2.24, 2.45) is 0 Å². The van der Waals surface area contributed by atoms with Crippen LogP contribution in [0.15, 0.2) is 30.3 Å². The summed E-state index contributed by atoms with van der Waals surface area (Å²) < 4.78 is 7.03. The SMILES string of the molecule is CC1(OCC(=O)O)CN(c2nnnn2-c2ccccc2)C1. The van der Waals surface area contributed by atoms with Gasteiger partial charge >= 0.3 is 5.97 Å². The van der Waals surface area contributed by atoms with E-state index in [-0.39, 0.29) is 6.61 Å². The number of carbonyl (C=O) groups is 1. The second kappa shape index (κ2) is 5.13. The Morgan fingerprint density at radius 2 is 2.10 bits per heavy atom. The lowest BCUT2D eigenvalue weighted by atomic mass is 9.97. The Morgan fingerprint density at radius 3 is 2.76 bits per heavy atom. The van der Waals surface area contributed by atoms with Gasteiger partial charge in [-0.15, -0.1) is 0 Å². The zero-order chi connectivity index (χ0) is 14.9. The third-order valence-corrected chi connectivity index (χ3v) is 3.33. The fourth-order valence-corrected chi connectivity index (χ4v) is 2.35. The molecule has 1 aliphatic heterocycles. The monoisotopic (exact) mass is 289 g/mol. The van der Waals surface area contributed by atoms with Crippen LogP contribution < -0.4 is 4.90 Å². The maximum Gasteiger partial charge on any atom is 0.329 e. The van der Waals surface area contributed by atoms with E-state index in [4.69, 9.17) is 9.84 Å². The molecule has 8 nitrogen and oxygen atoms in total. The molecule has 110 valence electrons. The van der Waals surface area contributed by atoms with E-state index in [2.05, 4.69) is 15.5 Å². The number of ether oxygens (including phenoxy) is 1. The number of carboxylic acid groups (broad SMARTS) is 1. The van der Waals surface area contributed by atoms with E-state index >= 15 is 0 Å². The number of tetrazole rings is 1. The molecule has 1 aromatic carbocycles. The maximum absolute atomic E-state index is 10.6. The lowest BCUT2D eigenvalue weighted by Gasteiger charge is -2.47. The lowest BCUT2D eigenvalue weighted by molar-refractivity contribution is -0.150.